The summed E-state index contributed by atoms with van der Waals surface area (Å²) in [5, 5.41) is 3.85. The molecule has 0 saturated heterocycles. The molecule has 0 amide bonds. The lowest BCUT2D eigenvalue weighted by molar-refractivity contribution is -0.140. The lowest BCUT2D eigenvalue weighted by Gasteiger charge is -2.39. The third kappa shape index (κ3) is 4.98. The minimum absolute atomic E-state index is 0.0314. The topological polar surface area (TPSA) is 64.6 Å². The predicted octanol–water partition coefficient (Wildman–Crippen LogP) is 5.57. The first kappa shape index (κ1) is 23.1. The number of hydrogen-bond acceptors (Lipinski definition) is 5. The van der Waals surface area contributed by atoms with Gasteiger partial charge in [0.1, 0.15) is 19.0 Å². The molecule has 0 unspecified atom stereocenters. The van der Waals surface area contributed by atoms with Gasteiger partial charge in [-0.05, 0) is 42.5 Å². The van der Waals surface area contributed by atoms with E-state index < -0.39 is 11.9 Å². The molecular weight excluding hydrogens is 438 g/mol. The van der Waals surface area contributed by atoms with E-state index in [1.807, 2.05) is 55.5 Å². The number of esters is 1. The van der Waals surface area contributed by atoms with Crippen molar-refractivity contribution in [1.29, 1.82) is 0 Å². The Morgan fingerprint density at radius 2 is 1.76 bits per heavy atom. The fraction of sp³-hybridized carbons (Fsp3) is 0.333. The van der Waals surface area contributed by atoms with Crippen LogP contribution in [0.5, 0.6) is 5.75 Å². The quantitative estimate of drug-likeness (QED) is 0.446. The molecule has 1 aliphatic heterocycles. The monoisotopic (exact) mass is 465 g/mol. The number of nitrogens with one attached hydrogen (secondary N) is 1. The van der Waals surface area contributed by atoms with Crippen molar-refractivity contribution in [2.45, 2.75) is 39.5 Å². The number of Topliss-reactive ketones (excluding diaryl/α,β-unsaturated/α-hetero) is 1. The number of carbonyl (C=O) groups excluding carboxylic acids is 2. The smallest absolute Gasteiger partial charge is 0.336 e. The summed E-state index contributed by atoms with van der Waals surface area (Å²) in [4.78, 5) is 26.6. The van der Waals surface area contributed by atoms with Crippen molar-refractivity contribution in [2.75, 3.05) is 13.2 Å². The molecular formula is C27H28ClNO4. The fourth-order valence-electron chi connectivity index (χ4n) is 4.62. The van der Waals surface area contributed by atoms with E-state index in [0.29, 0.717) is 34.0 Å². The van der Waals surface area contributed by atoms with Crippen LogP contribution in [-0.2, 0) is 14.3 Å². The number of dihydropyridines is 1. The normalized spacial score (nSPS) is 19.6. The zero-order valence-corrected chi connectivity index (χ0v) is 19.9. The number of ether oxygens (including phenoxy) is 2. The Kier molecular flexibility index (Phi) is 6.61. The molecule has 2 aliphatic rings. The van der Waals surface area contributed by atoms with E-state index in [-0.39, 0.29) is 24.4 Å². The number of benzene rings is 2. The summed E-state index contributed by atoms with van der Waals surface area (Å²) in [5.74, 6) is -0.307. The molecule has 0 spiro atoms. The van der Waals surface area contributed by atoms with Gasteiger partial charge in [0.15, 0.2) is 5.78 Å². The van der Waals surface area contributed by atoms with Gasteiger partial charge in [0, 0.05) is 34.3 Å². The molecule has 1 atom stereocenters. The Morgan fingerprint density at radius 3 is 2.48 bits per heavy atom. The first-order valence-corrected chi connectivity index (χ1v) is 11.5. The average Bonchev–Trinajstić information content (AvgIpc) is 2.76. The molecule has 1 aliphatic carbocycles. The zero-order chi connectivity index (χ0) is 23.6. The molecule has 5 nitrogen and oxygen atoms in total. The molecule has 0 fully saturated rings. The molecule has 2 aromatic rings. The van der Waals surface area contributed by atoms with E-state index in [0.717, 1.165) is 17.7 Å². The Balaban J connectivity index is 1.61. The van der Waals surface area contributed by atoms with Crippen molar-refractivity contribution in [3.8, 4) is 5.75 Å². The molecule has 1 heterocycles. The van der Waals surface area contributed by atoms with E-state index >= 15 is 0 Å². The first-order valence-electron chi connectivity index (χ1n) is 11.1. The minimum Gasteiger partial charge on any atom is -0.490 e. The minimum atomic E-state index is -0.568. The summed E-state index contributed by atoms with van der Waals surface area (Å²) in [6.07, 6.45) is 1.14. The highest BCUT2D eigenvalue weighted by Gasteiger charge is 2.43. The zero-order valence-electron chi connectivity index (χ0n) is 19.1. The van der Waals surface area contributed by atoms with Crippen molar-refractivity contribution < 1.29 is 19.1 Å². The van der Waals surface area contributed by atoms with Crippen LogP contribution in [0.4, 0.5) is 0 Å². The van der Waals surface area contributed by atoms with Crippen LogP contribution in [0.1, 0.15) is 45.1 Å². The van der Waals surface area contributed by atoms with Crippen LogP contribution in [0.25, 0.3) is 0 Å². The number of carbonyl (C=O) groups is 2. The second kappa shape index (κ2) is 9.44. The number of ketones is 1. The van der Waals surface area contributed by atoms with Crippen molar-refractivity contribution in [3.05, 3.63) is 87.7 Å². The summed E-state index contributed by atoms with van der Waals surface area (Å²) in [5.41, 5.74) is 3.14. The van der Waals surface area contributed by atoms with Gasteiger partial charge in [-0.1, -0.05) is 61.8 Å². The van der Waals surface area contributed by atoms with E-state index in [9.17, 15) is 9.59 Å². The number of hydrogen-bond donors (Lipinski definition) is 1. The Labute approximate surface area is 199 Å². The standard InChI is InChI=1S/C27H28ClNO4/c1-17-23(26(31)33-14-13-32-18-9-5-4-6-10-18)24(19-11-7-8-12-20(19)28)25-21(29-17)15-27(2,3)16-22(25)30/h4-12,24,29H,13-16H2,1-3H3/t24-/m1/s1. The summed E-state index contributed by atoms with van der Waals surface area (Å²) < 4.78 is 11.2. The van der Waals surface area contributed by atoms with Crippen LogP contribution in [0.2, 0.25) is 5.02 Å². The van der Waals surface area contributed by atoms with Crippen molar-refractivity contribution >= 4 is 23.4 Å². The van der Waals surface area contributed by atoms with E-state index in [4.69, 9.17) is 21.1 Å². The van der Waals surface area contributed by atoms with E-state index in [2.05, 4.69) is 19.2 Å². The maximum Gasteiger partial charge on any atom is 0.336 e. The first-order chi connectivity index (χ1) is 15.8. The molecule has 2 aromatic carbocycles. The third-order valence-electron chi connectivity index (χ3n) is 6.00. The van der Waals surface area contributed by atoms with Gasteiger partial charge in [-0.2, -0.15) is 0 Å². The van der Waals surface area contributed by atoms with Crippen molar-refractivity contribution in [3.63, 3.8) is 0 Å². The van der Waals surface area contributed by atoms with Gasteiger partial charge in [0.25, 0.3) is 0 Å². The number of allylic oxidation sites excluding steroid dienone is 3. The van der Waals surface area contributed by atoms with Crippen LogP contribution in [0.3, 0.4) is 0 Å². The molecule has 4 rings (SSSR count). The average molecular weight is 466 g/mol. The maximum absolute atomic E-state index is 13.3. The van der Waals surface area contributed by atoms with E-state index in [1.54, 1.807) is 6.07 Å². The van der Waals surface area contributed by atoms with Crippen LogP contribution in [-0.4, -0.2) is 25.0 Å². The lowest BCUT2D eigenvalue weighted by atomic mass is 9.68. The summed E-state index contributed by atoms with van der Waals surface area (Å²) in [6, 6.07) is 16.7. The largest absolute Gasteiger partial charge is 0.490 e. The third-order valence-corrected chi connectivity index (χ3v) is 6.35. The number of halogens is 1. The van der Waals surface area contributed by atoms with Crippen LogP contribution >= 0.6 is 11.6 Å². The van der Waals surface area contributed by atoms with Gasteiger partial charge < -0.3 is 14.8 Å². The van der Waals surface area contributed by atoms with Gasteiger partial charge in [0.2, 0.25) is 0 Å². The lowest BCUT2D eigenvalue weighted by Crippen LogP contribution is -2.38. The molecule has 0 saturated carbocycles. The molecule has 33 heavy (non-hydrogen) atoms. The van der Waals surface area contributed by atoms with Crippen LogP contribution < -0.4 is 10.1 Å². The van der Waals surface area contributed by atoms with Crippen molar-refractivity contribution in [1.82, 2.24) is 5.32 Å². The highest BCUT2D eigenvalue weighted by molar-refractivity contribution is 6.31. The van der Waals surface area contributed by atoms with Gasteiger partial charge >= 0.3 is 5.97 Å². The van der Waals surface area contributed by atoms with Gasteiger partial charge in [-0.3, -0.25) is 4.79 Å². The second-order valence-electron chi connectivity index (χ2n) is 9.25. The molecule has 0 bridgehead atoms. The van der Waals surface area contributed by atoms with Crippen LogP contribution in [0, 0.1) is 5.41 Å². The van der Waals surface area contributed by atoms with Gasteiger partial charge in [0.05, 0.1) is 5.57 Å². The Morgan fingerprint density at radius 1 is 1.06 bits per heavy atom. The summed E-state index contributed by atoms with van der Waals surface area (Å²) in [6.45, 7) is 6.32. The second-order valence-corrected chi connectivity index (χ2v) is 9.66. The number of rotatable bonds is 6. The Hall–Kier alpha value is -3.05. The highest BCUT2D eigenvalue weighted by Crippen LogP contribution is 2.48. The molecule has 6 heteroatoms. The summed E-state index contributed by atoms with van der Waals surface area (Å²) in [7, 11) is 0. The predicted molar refractivity (Wildman–Crippen MR) is 128 cm³/mol. The van der Waals surface area contributed by atoms with E-state index in [1.165, 1.54) is 0 Å². The molecule has 0 radical (unpaired) electrons. The molecule has 172 valence electrons. The van der Waals surface area contributed by atoms with Crippen molar-refractivity contribution in [2.24, 2.45) is 5.41 Å². The Bertz CT molecular complexity index is 1130. The van der Waals surface area contributed by atoms with Crippen LogP contribution in [0.15, 0.2) is 77.1 Å². The number of para-hydroxylation sites is 1. The maximum atomic E-state index is 13.3. The van der Waals surface area contributed by atoms with Gasteiger partial charge in [-0.15, -0.1) is 0 Å². The highest BCUT2D eigenvalue weighted by atomic mass is 35.5. The fourth-order valence-corrected chi connectivity index (χ4v) is 4.86. The molecule has 1 N–H and O–H groups in total. The molecule has 0 aromatic heterocycles. The summed E-state index contributed by atoms with van der Waals surface area (Å²) >= 11 is 6.56. The SMILES string of the molecule is CC1=C(C(=O)OCCOc2ccccc2)[C@@H](c2ccccc2Cl)C2=C(CC(C)(C)CC2=O)N1. The van der Waals surface area contributed by atoms with Gasteiger partial charge in [-0.25, -0.2) is 4.79 Å².